The topological polar surface area (TPSA) is 95.6 Å². The molecule has 1 aromatic heterocycles. The van der Waals surface area contributed by atoms with Crippen LogP contribution in [0.2, 0.25) is 0 Å². The number of rotatable bonds is 5. The molecule has 3 aliphatic rings. The molecule has 174 valence electrons. The van der Waals surface area contributed by atoms with E-state index in [9.17, 15) is 14.4 Å². The summed E-state index contributed by atoms with van der Waals surface area (Å²) in [5.74, 6) is 1.28. The molecule has 1 N–H and O–H groups in total. The fourth-order valence-corrected chi connectivity index (χ4v) is 5.21. The van der Waals surface area contributed by atoms with Crippen LogP contribution >= 0.6 is 0 Å². The van der Waals surface area contributed by atoms with Crippen molar-refractivity contribution in [1.29, 1.82) is 0 Å². The van der Waals surface area contributed by atoms with E-state index < -0.39 is 0 Å². The first-order valence-electron chi connectivity index (χ1n) is 11.9. The molecule has 0 aromatic carbocycles. The highest BCUT2D eigenvalue weighted by molar-refractivity contribution is 5.79. The number of likely N-dealkylation sites (tertiary alicyclic amines) is 2. The van der Waals surface area contributed by atoms with Gasteiger partial charge < -0.3 is 19.5 Å². The lowest BCUT2D eigenvalue weighted by molar-refractivity contribution is -0.137. The van der Waals surface area contributed by atoms with E-state index in [2.05, 4.69) is 17.1 Å². The van der Waals surface area contributed by atoms with E-state index in [1.165, 1.54) is 7.11 Å². The second kappa shape index (κ2) is 10.4. The number of nitrogens with one attached hydrogen (secondary N) is 1. The molecule has 0 radical (unpaired) electrons. The third kappa shape index (κ3) is 5.28. The van der Waals surface area contributed by atoms with Crippen LogP contribution in [-0.4, -0.2) is 71.5 Å². The third-order valence-electron chi connectivity index (χ3n) is 7.05. The lowest BCUT2D eigenvalue weighted by Crippen LogP contribution is -2.43. The van der Waals surface area contributed by atoms with Gasteiger partial charge in [-0.1, -0.05) is 12.2 Å². The smallest absolute Gasteiger partial charge is 0.251 e. The summed E-state index contributed by atoms with van der Waals surface area (Å²) < 4.78 is 4.95. The number of methoxy groups -OCH3 is 1. The third-order valence-corrected chi connectivity index (χ3v) is 7.05. The van der Waals surface area contributed by atoms with Crippen LogP contribution in [0.25, 0.3) is 0 Å². The number of H-pyrrole nitrogens is 1. The number of ether oxygens (including phenoxy) is 1. The van der Waals surface area contributed by atoms with Gasteiger partial charge in [-0.2, -0.15) is 0 Å². The van der Waals surface area contributed by atoms with Crippen LogP contribution in [0.4, 0.5) is 0 Å². The minimum absolute atomic E-state index is 0.00146. The molecule has 32 heavy (non-hydrogen) atoms. The Morgan fingerprint density at radius 2 is 1.91 bits per heavy atom. The van der Waals surface area contributed by atoms with Crippen LogP contribution < -0.4 is 5.56 Å². The van der Waals surface area contributed by atoms with E-state index in [0.717, 1.165) is 57.2 Å². The first-order chi connectivity index (χ1) is 15.5. The number of piperidine rings is 2. The molecule has 2 aliphatic heterocycles. The Labute approximate surface area is 189 Å². The van der Waals surface area contributed by atoms with Gasteiger partial charge in [-0.05, 0) is 44.9 Å². The van der Waals surface area contributed by atoms with Crippen molar-refractivity contribution in [1.82, 2.24) is 19.8 Å². The number of nitrogens with zero attached hydrogens (tertiary/aromatic N) is 3. The molecule has 2 saturated heterocycles. The molecule has 8 heteroatoms. The predicted molar refractivity (Wildman–Crippen MR) is 120 cm³/mol. The maximum absolute atomic E-state index is 13.0. The quantitative estimate of drug-likeness (QED) is 0.706. The maximum atomic E-state index is 13.0. The molecule has 0 unspecified atom stereocenters. The van der Waals surface area contributed by atoms with Crippen LogP contribution in [0.15, 0.2) is 23.0 Å². The lowest BCUT2D eigenvalue weighted by atomic mass is 9.89. The summed E-state index contributed by atoms with van der Waals surface area (Å²) in [4.78, 5) is 49.1. The van der Waals surface area contributed by atoms with Crippen molar-refractivity contribution in [3.05, 3.63) is 40.1 Å². The largest absolute Gasteiger partial charge is 0.375 e. The van der Waals surface area contributed by atoms with Crippen LogP contribution in [-0.2, 0) is 14.3 Å². The monoisotopic (exact) mass is 442 g/mol. The SMILES string of the molecule is COCC(=O)N1CCC(c2nc([C@H]3CCCN(C(=O)[C@H]4CC=CCC4)C3)cc(=O)[nH]2)CC1. The van der Waals surface area contributed by atoms with Crippen molar-refractivity contribution in [2.45, 2.75) is 56.8 Å². The highest BCUT2D eigenvalue weighted by Gasteiger charge is 2.31. The number of allylic oxidation sites excluding steroid dienone is 2. The fraction of sp³-hybridized carbons (Fsp3) is 0.667. The molecular weight excluding hydrogens is 408 g/mol. The van der Waals surface area contributed by atoms with Crippen molar-refractivity contribution >= 4 is 11.8 Å². The first-order valence-corrected chi connectivity index (χ1v) is 11.9. The van der Waals surface area contributed by atoms with Crippen LogP contribution in [0.1, 0.15) is 68.3 Å². The van der Waals surface area contributed by atoms with Gasteiger partial charge >= 0.3 is 0 Å². The summed E-state index contributed by atoms with van der Waals surface area (Å²) in [5.41, 5.74) is 0.659. The van der Waals surface area contributed by atoms with Crippen molar-refractivity contribution in [3.8, 4) is 0 Å². The average molecular weight is 443 g/mol. The van der Waals surface area contributed by atoms with E-state index in [4.69, 9.17) is 9.72 Å². The van der Waals surface area contributed by atoms with Crippen molar-refractivity contribution < 1.29 is 14.3 Å². The summed E-state index contributed by atoms with van der Waals surface area (Å²) in [7, 11) is 1.52. The van der Waals surface area contributed by atoms with E-state index in [-0.39, 0.29) is 41.7 Å². The van der Waals surface area contributed by atoms with Crippen LogP contribution in [0.5, 0.6) is 0 Å². The van der Waals surface area contributed by atoms with Gasteiger partial charge in [0.15, 0.2) is 0 Å². The normalized spacial score (nSPS) is 24.5. The van der Waals surface area contributed by atoms with Crippen LogP contribution in [0, 0.1) is 5.92 Å². The van der Waals surface area contributed by atoms with Crippen LogP contribution in [0.3, 0.4) is 0 Å². The Morgan fingerprint density at radius 3 is 2.62 bits per heavy atom. The molecule has 4 rings (SSSR count). The van der Waals surface area contributed by atoms with Crippen molar-refractivity contribution in [2.24, 2.45) is 5.92 Å². The number of aromatic amines is 1. The molecule has 8 nitrogen and oxygen atoms in total. The Balaban J connectivity index is 1.42. The van der Waals surface area contributed by atoms with E-state index in [0.29, 0.717) is 25.5 Å². The van der Waals surface area contributed by atoms with Crippen molar-refractivity contribution in [3.63, 3.8) is 0 Å². The van der Waals surface area contributed by atoms with Gasteiger partial charge in [-0.3, -0.25) is 14.4 Å². The molecule has 0 saturated carbocycles. The molecule has 1 aliphatic carbocycles. The van der Waals surface area contributed by atoms with E-state index in [1.54, 1.807) is 6.07 Å². The Kier molecular flexibility index (Phi) is 7.40. The zero-order valence-electron chi connectivity index (χ0n) is 18.9. The summed E-state index contributed by atoms with van der Waals surface area (Å²) in [6.45, 7) is 2.81. The fourth-order valence-electron chi connectivity index (χ4n) is 5.21. The number of carbonyl (C=O) groups excluding carboxylic acids is 2. The minimum Gasteiger partial charge on any atom is -0.375 e. The molecule has 0 spiro atoms. The number of aromatic nitrogens is 2. The average Bonchev–Trinajstić information content (AvgIpc) is 2.84. The number of hydrogen-bond acceptors (Lipinski definition) is 5. The Morgan fingerprint density at radius 1 is 1.09 bits per heavy atom. The highest BCUT2D eigenvalue weighted by atomic mass is 16.5. The molecule has 2 atom stereocenters. The van der Waals surface area contributed by atoms with Gasteiger partial charge in [-0.25, -0.2) is 4.98 Å². The van der Waals surface area contributed by atoms with Gasteiger partial charge in [-0.15, -0.1) is 0 Å². The summed E-state index contributed by atoms with van der Waals surface area (Å²) in [6.07, 6.45) is 10.4. The van der Waals surface area contributed by atoms with Crippen molar-refractivity contribution in [2.75, 3.05) is 39.9 Å². The summed E-state index contributed by atoms with van der Waals surface area (Å²) in [6, 6.07) is 1.60. The zero-order valence-corrected chi connectivity index (χ0v) is 18.9. The van der Waals surface area contributed by atoms with E-state index >= 15 is 0 Å². The summed E-state index contributed by atoms with van der Waals surface area (Å²) >= 11 is 0. The van der Waals surface area contributed by atoms with Gasteiger partial charge in [0.1, 0.15) is 12.4 Å². The second-order valence-electron chi connectivity index (χ2n) is 9.25. The summed E-state index contributed by atoms with van der Waals surface area (Å²) in [5, 5.41) is 0. The second-order valence-corrected chi connectivity index (χ2v) is 9.25. The van der Waals surface area contributed by atoms with Gasteiger partial charge in [0.05, 0.1) is 5.69 Å². The number of carbonyl (C=O) groups is 2. The predicted octanol–water partition coefficient (Wildman–Crippen LogP) is 2.18. The minimum atomic E-state index is -0.135. The molecule has 2 amide bonds. The molecule has 0 bridgehead atoms. The first kappa shape index (κ1) is 22.7. The number of hydrogen-bond donors (Lipinski definition) is 1. The molecular formula is C24H34N4O4. The molecule has 3 heterocycles. The van der Waals surface area contributed by atoms with Gasteiger partial charge in [0.25, 0.3) is 5.56 Å². The van der Waals surface area contributed by atoms with Gasteiger partial charge in [0, 0.05) is 57.1 Å². The lowest BCUT2D eigenvalue weighted by Gasteiger charge is -2.35. The van der Waals surface area contributed by atoms with E-state index in [1.807, 2.05) is 9.80 Å². The number of amides is 2. The standard InChI is InChI=1S/C24H34N4O4/c1-32-16-22(30)27-12-9-17(10-13-27)23-25-20(14-21(29)26-23)19-8-5-11-28(15-19)24(31)18-6-3-2-4-7-18/h2-3,14,17-19H,4-13,15-16H2,1H3,(H,25,26,29)/t18-,19-/m0/s1. The molecule has 2 fully saturated rings. The Hall–Kier alpha value is -2.48. The zero-order chi connectivity index (χ0) is 22.5. The maximum Gasteiger partial charge on any atom is 0.251 e. The highest BCUT2D eigenvalue weighted by Crippen LogP contribution is 2.30. The molecule has 1 aromatic rings. The van der Waals surface area contributed by atoms with Gasteiger partial charge in [0.2, 0.25) is 11.8 Å². The Bertz CT molecular complexity index is 904.